The summed E-state index contributed by atoms with van der Waals surface area (Å²) in [6.07, 6.45) is 1.63. The number of nitrogens with zero attached hydrogens (tertiary/aromatic N) is 3. The molecule has 2 rings (SSSR count). The molecular weight excluding hydrogens is 292 g/mol. The molecule has 0 saturated heterocycles. The molecule has 21 heavy (non-hydrogen) atoms. The molecule has 0 unspecified atom stereocenters. The van der Waals surface area contributed by atoms with Crippen LogP contribution in [0.5, 0.6) is 0 Å². The number of rotatable bonds is 5. The Bertz CT molecular complexity index is 748. The van der Waals surface area contributed by atoms with Gasteiger partial charge in [0.05, 0.1) is 17.2 Å². The molecule has 2 aromatic rings. The summed E-state index contributed by atoms with van der Waals surface area (Å²) in [5.41, 5.74) is 6.80. The lowest BCUT2D eigenvalue weighted by Crippen LogP contribution is -2.16. The Kier molecular flexibility index (Phi) is 4.27. The zero-order valence-electron chi connectivity index (χ0n) is 11.5. The average molecular weight is 308 g/mol. The number of aryl methyl sites for hydroxylation is 2. The predicted octanol–water partition coefficient (Wildman–Crippen LogP) is 0.760. The van der Waals surface area contributed by atoms with Crippen molar-refractivity contribution in [1.82, 2.24) is 9.78 Å². The third kappa shape index (κ3) is 3.40. The first-order chi connectivity index (χ1) is 9.94. The van der Waals surface area contributed by atoms with Gasteiger partial charge >= 0.3 is 0 Å². The van der Waals surface area contributed by atoms with Crippen LogP contribution in [-0.2, 0) is 16.4 Å². The van der Waals surface area contributed by atoms with E-state index < -0.39 is 9.84 Å². The molecule has 1 aromatic heterocycles. The van der Waals surface area contributed by atoms with E-state index in [2.05, 4.69) is 10.3 Å². The Hall–Kier alpha value is -2.35. The van der Waals surface area contributed by atoms with E-state index in [0.29, 0.717) is 12.1 Å². The van der Waals surface area contributed by atoms with Crippen molar-refractivity contribution in [3.8, 4) is 0 Å². The molecule has 0 spiro atoms. The van der Waals surface area contributed by atoms with Crippen molar-refractivity contribution in [1.29, 1.82) is 0 Å². The van der Waals surface area contributed by atoms with Crippen LogP contribution in [-0.4, -0.2) is 35.0 Å². The van der Waals surface area contributed by atoms with Gasteiger partial charge in [-0.2, -0.15) is 5.10 Å². The Labute approximate surface area is 122 Å². The van der Waals surface area contributed by atoms with Crippen LogP contribution in [0.1, 0.15) is 11.3 Å². The van der Waals surface area contributed by atoms with Gasteiger partial charge in [0.25, 0.3) is 0 Å². The topological polar surface area (TPSA) is 111 Å². The molecule has 0 fully saturated rings. The lowest BCUT2D eigenvalue weighted by atomic mass is 10.2. The van der Waals surface area contributed by atoms with Crippen LogP contribution < -0.4 is 5.73 Å². The molecule has 3 N–H and O–H groups in total. The third-order valence-corrected chi connectivity index (χ3v) is 4.83. The molecule has 0 amide bonds. The number of hydrogen-bond donors (Lipinski definition) is 2. The van der Waals surface area contributed by atoms with E-state index >= 15 is 0 Å². The van der Waals surface area contributed by atoms with Gasteiger partial charge in [-0.1, -0.05) is 5.16 Å². The van der Waals surface area contributed by atoms with Gasteiger partial charge in [-0.15, -0.1) is 0 Å². The minimum Gasteiger partial charge on any atom is -0.409 e. The molecule has 0 saturated carbocycles. The van der Waals surface area contributed by atoms with Crippen LogP contribution in [0, 0.1) is 6.92 Å². The highest BCUT2D eigenvalue weighted by molar-refractivity contribution is 7.91. The zero-order chi connectivity index (χ0) is 15.5. The molecule has 7 nitrogen and oxygen atoms in total. The molecule has 0 atom stereocenters. The minimum atomic E-state index is -3.41. The van der Waals surface area contributed by atoms with Crippen molar-refractivity contribution in [3.63, 3.8) is 0 Å². The highest BCUT2D eigenvalue weighted by Crippen LogP contribution is 2.13. The van der Waals surface area contributed by atoms with Crippen molar-refractivity contribution >= 4 is 15.7 Å². The SMILES string of the molecule is Cc1ccnn1CCS(=O)(=O)c1ccc(/C(N)=N/O)cc1. The summed E-state index contributed by atoms with van der Waals surface area (Å²) in [6.45, 7) is 2.16. The molecular formula is C13H16N4O3S. The first-order valence-corrected chi connectivity index (χ1v) is 7.88. The Balaban J connectivity index is 2.14. The summed E-state index contributed by atoms with van der Waals surface area (Å²) in [4.78, 5) is 0.196. The Morgan fingerprint density at radius 2 is 2.00 bits per heavy atom. The van der Waals surface area contributed by atoms with Crippen LogP contribution in [0.4, 0.5) is 0 Å². The average Bonchev–Trinajstić information content (AvgIpc) is 2.90. The number of nitrogens with two attached hydrogens (primary N) is 1. The van der Waals surface area contributed by atoms with Gasteiger partial charge in [-0.25, -0.2) is 8.42 Å². The normalized spacial score (nSPS) is 12.5. The fourth-order valence-electron chi connectivity index (χ4n) is 1.85. The number of hydrogen-bond acceptors (Lipinski definition) is 5. The monoisotopic (exact) mass is 308 g/mol. The van der Waals surface area contributed by atoms with Crippen LogP contribution in [0.15, 0.2) is 46.6 Å². The van der Waals surface area contributed by atoms with Gasteiger partial charge in [-0.05, 0) is 37.3 Å². The minimum absolute atomic E-state index is 0.0432. The summed E-state index contributed by atoms with van der Waals surface area (Å²) in [5.74, 6) is -0.107. The number of oxime groups is 1. The third-order valence-electron chi connectivity index (χ3n) is 3.12. The second kappa shape index (κ2) is 5.96. The van der Waals surface area contributed by atoms with E-state index in [9.17, 15) is 8.42 Å². The lowest BCUT2D eigenvalue weighted by Gasteiger charge is -2.07. The van der Waals surface area contributed by atoms with Crippen molar-refractivity contribution in [2.45, 2.75) is 18.4 Å². The molecule has 8 heteroatoms. The van der Waals surface area contributed by atoms with Crippen molar-refractivity contribution in [3.05, 3.63) is 47.8 Å². The lowest BCUT2D eigenvalue weighted by molar-refractivity contribution is 0.318. The molecule has 0 radical (unpaired) electrons. The van der Waals surface area contributed by atoms with E-state index in [4.69, 9.17) is 10.9 Å². The van der Waals surface area contributed by atoms with E-state index in [-0.39, 0.29) is 16.5 Å². The number of sulfone groups is 1. The van der Waals surface area contributed by atoms with Gasteiger partial charge in [-0.3, -0.25) is 4.68 Å². The van der Waals surface area contributed by atoms with Gasteiger partial charge in [0.1, 0.15) is 0 Å². The molecule has 112 valence electrons. The molecule has 1 aromatic carbocycles. The molecule has 0 aliphatic rings. The van der Waals surface area contributed by atoms with Gasteiger partial charge in [0.15, 0.2) is 15.7 Å². The smallest absolute Gasteiger partial charge is 0.180 e. The fraction of sp³-hybridized carbons (Fsp3) is 0.231. The van der Waals surface area contributed by atoms with Crippen LogP contribution >= 0.6 is 0 Å². The summed E-state index contributed by atoms with van der Waals surface area (Å²) in [5, 5.41) is 15.5. The van der Waals surface area contributed by atoms with Crippen LogP contribution in [0.2, 0.25) is 0 Å². The van der Waals surface area contributed by atoms with Crippen LogP contribution in [0.3, 0.4) is 0 Å². The number of amidine groups is 1. The van der Waals surface area contributed by atoms with Gasteiger partial charge in [0, 0.05) is 17.5 Å². The largest absolute Gasteiger partial charge is 0.409 e. The van der Waals surface area contributed by atoms with Gasteiger partial charge < -0.3 is 10.9 Å². The summed E-state index contributed by atoms with van der Waals surface area (Å²) in [6, 6.07) is 7.71. The number of benzene rings is 1. The van der Waals surface area contributed by atoms with Crippen molar-refractivity contribution in [2.75, 3.05) is 5.75 Å². The summed E-state index contributed by atoms with van der Waals surface area (Å²) < 4.78 is 26.1. The fourth-order valence-corrected chi connectivity index (χ4v) is 3.05. The predicted molar refractivity (Wildman–Crippen MR) is 78.0 cm³/mol. The molecule has 1 heterocycles. The second-order valence-electron chi connectivity index (χ2n) is 4.52. The van der Waals surface area contributed by atoms with Crippen molar-refractivity contribution < 1.29 is 13.6 Å². The maximum atomic E-state index is 12.2. The summed E-state index contributed by atoms with van der Waals surface area (Å²) in [7, 11) is -3.41. The zero-order valence-corrected chi connectivity index (χ0v) is 12.3. The highest BCUT2D eigenvalue weighted by Gasteiger charge is 2.15. The maximum absolute atomic E-state index is 12.2. The first-order valence-electron chi connectivity index (χ1n) is 6.23. The molecule has 0 aliphatic heterocycles. The standard InChI is InChI=1S/C13H16N4O3S/c1-10-6-7-15-17(10)8-9-21(19,20)12-4-2-11(3-5-12)13(14)16-18/h2-7,18H,8-9H2,1H3,(H2,14,16). The number of aromatic nitrogens is 2. The van der Waals surface area contributed by atoms with E-state index in [1.54, 1.807) is 10.9 Å². The Morgan fingerprint density at radius 3 is 2.52 bits per heavy atom. The highest BCUT2D eigenvalue weighted by atomic mass is 32.2. The Morgan fingerprint density at radius 1 is 1.33 bits per heavy atom. The van der Waals surface area contributed by atoms with Crippen molar-refractivity contribution in [2.24, 2.45) is 10.9 Å². The van der Waals surface area contributed by atoms with Gasteiger partial charge in [0.2, 0.25) is 0 Å². The van der Waals surface area contributed by atoms with E-state index in [1.807, 2.05) is 13.0 Å². The van der Waals surface area contributed by atoms with E-state index in [0.717, 1.165) is 5.69 Å². The molecule has 0 bridgehead atoms. The maximum Gasteiger partial charge on any atom is 0.180 e. The van der Waals surface area contributed by atoms with E-state index in [1.165, 1.54) is 24.3 Å². The second-order valence-corrected chi connectivity index (χ2v) is 6.63. The quantitative estimate of drug-likeness (QED) is 0.367. The molecule has 0 aliphatic carbocycles. The first kappa shape index (κ1) is 15.0. The van der Waals surface area contributed by atoms with Crippen LogP contribution in [0.25, 0.3) is 0 Å². The summed E-state index contributed by atoms with van der Waals surface area (Å²) >= 11 is 0.